The molecular weight excluding hydrogens is 312 g/mol. The molecule has 126 valence electrons. The van der Waals surface area contributed by atoms with Crippen LogP contribution in [0.3, 0.4) is 0 Å². The minimum Gasteiger partial charge on any atom is -0.497 e. The number of carbonyl (C=O) groups is 2. The van der Waals surface area contributed by atoms with Gasteiger partial charge in [-0.1, -0.05) is 12.1 Å². The lowest BCUT2D eigenvalue weighted by atomic mass is 10.1. The van der Waals surface area contributed by atoms with Gasteiger partial charge in [0.2, 0.25) is 11.8 Å². The zero-order chi connectivity index (χ0) is 16.8. The highest BCUT2D eigenvalue weighted by Gasteiger charge is 2.26. The normalized spacial score (nSPS) is 16.1. The summed E-state index contributed by atoms with van der Waals surface area (Å²) in [7, 11) is 1.62. The Balaban J connectivity index is 1.87. The van der Waals surface area contributed by atoms with E-state index in [0.717, 1.165) is 11.3 Å². The van der Waals surface area contributed by atoms with Gasteiger partial charge < -0.3 is 14.5 Å². The predicted octanol–water partition coefficient (Wildman–Crippen LogP) is 1.66. The Morgan fingerprint density at radius 2 is 1.87 bits per heavy atom. The monoisotopic (exact) mass is 336 g/mol. The van der Waals surface area contributed by atoms with Gasteiger partial charge >= 0.3 is 0 Å². The molecule has 1 aliphatic heterocycles. The lowest BCUT2D eigenvalue weighted by Gasteiger charge is -2.35. The minimum absolute atomic E-state index is 0.0194. The molecule has 0 radical (unpaired) electrons. The molecule has 0 unspecified atom stereocenters. The van der Waals surface area contributed by atoms with Gasteiger partial charge in [0, 0.05) is 26.2 Å². The number of amides is 2. The Morgan fingerprint density at radius 3 is 2.48 bits per heavy atom. The molecule has 1 atom stereocenters. The maximum absolute atomic E-state index is 12.4. The first-order valence-corrected chi connectivity index (χ1v) is 9.06. The van der Waals surface area contributed by atoms with Crippen LogP contribution in [0.1, 0.15) is 12.5 Å². The number of hydrogen-bond donors (Lipinski definition) is 0. The van der Waals surface area contributed by atoms with Crippen LogP contribution in [0, 0.1) is 0 Å². The van der Waals surface area contributed by atoms with Crippen molar-refractivity contribution in [3.8, 4) is 5.75 Å². The third-order valence-corrected chi connectivity index (χ3v) is 5.04. The Labute approximate surface area is 142 Å². The summed E-state index contributed by atoms with van der Waals surface area (Å²) in [4.78, 5) is 28.3. The maximum atomic E-state index is 12.4. The average Bonchev–Trinajstić information content (AvgIpc) is 2.60. The van der Waals surface area contributed by atoms with E-state index in [1.54, 1.807) is 18.9 Å². The molecule has 2 rings (SSSR count). The molecule has 1 fully saturated rings. The number of benzene rings is 1. The Kier molecular flexibility index (Phi) is 6.33. The molecule has 0 saturated carbocycles. The van der Waals surface area contributed by atoms with E-state index in [1.807, 2.05) is 47.2 Å². The summed E-state index contributed by atoms with van der Waals surface area (Å²) in [6, 6.07) is 7.57. The van der Waals surface area contributed by atoms with Crippen molar-refractivity contribution < 1.29 is 14.3 Å². The van der Waals surface area contributed by atoms with Gasteiger partial charge in [0.25, 0.3) is 0 Å². The van der Waals surface area contributed by atoms with Crippen LogP contribution in [0.5, 0.6) is 5.75 Å². The van der Waals surface area contributed by atoms with Gasteiger partial charge in [0.1, 0.15) is 5.75 Å². The third kappa shape index (κ3) is 4.64. The Morgan fingerprint density at radius 1 is 1.22 bits per heavy atom. The van der Waals surface area contributed by atoms with Crippen molar-refractivity contribution >= 4 is 23.6 Å². The Bertz CT molecular complexity index is 557. The molecule has 1 aromatic rings. The average molecular weight is 336 g/mol. The van der Waals surface area contributed by atoms with Crippen LogP contribution in [0.15, 0.2) is 24.3 Å². The van der Waals surface area contributed by atoms with Crippen LogP contribution in [0.2, 0.25) is 0 Å². The van der Waals surface area contributed by atoms with Crippen LogP contribution in [0.25, 0.3) is 0 Å². The van der Waals surface area contributed by atoms with Crippen molar-refractivity contribution in [3.05, 3.63) is 29.8 Å². The lowest BCUT2D eigenvalue weighted by Crippen LogP contribution is -2.52. The van der Waals surface area contributed by atoms with E-state index >= 15 is 0 Å². The fourth-order valence-electron chi connectivity index (χ4n) is 2.60. The Hall–Kier alpha value is -1.69. The lowest BCUT2D eigenvalue weighted by molar-refractivity contribution is -0.138. The summed E-state index contributed by atoms with van der Waals surface area (Å²) in [5.74, 6) is 1.03. The molecule has 0 spiro atoms. The summed E-state index contributed by atoms with van der Waals surface area (Å²) in [6.07, 6.45) is 2.31. The number of methoxy groups -OCH3 is 1. The van der Waals surface area contributed by atoms with Crippen molar-refractivity contribution in [2.24, 2.45) is 0 Å². The van der Waals surface area contributed by atoms with E-state index < -0.39 is 0 Å². The highest BCUT2D eigenvalue weighted by molar-refractivity contribution is 7.99. The summed E-state index contributed by atoms with van der Waals surface area (Å²) in [5, 5.41) is -0.0194. The number of hydrogen-bond acceptors (Lipinski definition) is 4. The van der Waals surface area contributed by atoms with Crippen molar-refractivity contribution in [2.75, 3.05) is 39.5 Å². The fourth-order valence-corrected chi connectivity index (χ4v) is 2.95. The van der Waals surface area contributed by atoms with E-state index in [1.165, 1.54) is 0 Å². The smallest absolute Gasteiger partial charge is 0.235 e. The van der Waals surface area contributed by atoms with Crippen LogP contribution >= 0.6 is 11.8 Å². The number of ether oxygens (including phenoxy) is 1. The van der Waals surface area contributed by atoms with Crippen LogP contribution in [-0.4, -0.2) is 66.4 Å². The van der Waals surface area contributed by atoms with E-state index in [4.69, 9.17) is 4.74 Å². The van der Waals surface area contributed by atoms with Gasteiger partial charge in [0.15, 0.2) is 0 Å². The molecule has 1 saturated heterocycles. The summed E-state index contributed by atoms with van der Waals surface area (Å²) < 4.78 is 5.18. The first-order valence-electron chi connectivity index (χ1n) is 7.77. The van der Waals surface area contributed by atoms with Crippen molar-refractivity contribution in [1.82, 2.24) is 9.80 Å². The molecule has 1 heterocycles. The van der Waals surface area contributed by atoms with Crippen LogP contribution < -0.4 is 4.74 Å². The number of nitrogens with zero attached hydrogens (tertiary/aromatic N) is 2. The molecule has 6 heteroatoms. The SMILES string of the molecule is COc1cccc(CC(=O)N2CCN(C(=O)[C@H](C)SC)CC2)c1. The predicted molar refractivity (Wildman–Crippen MR) is 92.8 cm³/mol. The van der Waals surface area contributed by atoms with Crippen LogP contribution in [-0.2, 0) is 16.0 Å². The fraction of sp³-hybridized carbons (Fsp3) is 0.529. The number of thioether (sulfide) groups is 1. The van der Waals surface area contributed by atoms with Gasteiger partial charge in [-0.05, 0) is 30.9 Å². The van der Waals surface area contributed by atoms with Gasteiger partial charge in [-0.3, -0.25) is 9.59 Å². The number of rotatable bonds is 5. The second kappa shape index (κ2) is 8.24. The highest BCUT2D eigenvalue weighted by Crippen LogP contribution is 2.15. The minimum atomic E-state index is -0.0194. The zero-order valence-corrected chi connectivity index (χ0v) is 14.8. The van der Waals surface area contributed by atoms with Gasteiger partial charge in [-0.2, -0.15) is 11.8 Å². The zero-order valence-electron chi connectivity index (χ0n) is 13.9. The molecular formula is C17H24N2O3S. The summed E-state index contributed by atoms with van der Waals surface area (Å²) >= 11 is 1.56. The van der Waals surface area contributed by atoms with Crippen molar-refractivity contribution in [1.29, 1.82) is 0 Å². The van der Waals surface area contributed by atoms with E-state index in [0.29, 0.717) is 32.6 Å². The molecule has 1 aliphatic rings. The topological polar surface area (TPSA) is 49.9 Å². The second-order valence-corrected chi connectivity index (χ2v) is 6.79. The number of carbonyl (C=O) groups excluding carboxylic acids is 2. The molecule has 0 aromatic heterocycles. The number of piperazine rings is 1. The quantitative estimate of drug-likeness (QED) is 0.821. The molecule has 0 aliphatic carbocycles. The van der Waals surface area contributed by atoms with Gasteiger partial charge in [-0.15, -0.1) is 0 Å². The molecule has 5 nitrogen and oxygen atoms in total. The standard InChI is InChI=1S/C17H24N2O3S/c1-13(23-3)17(21)19-9-7-18(8-10-19)16(20)12-14-5-4-6-15(11-14)22-2/h4-6,11,13H,7-10,12H2,1-3H3/t13-/m0/s1. The molecule has 2 amide bonds. The van der Waals surface area contributed by atoms with Crippen LogP contribution in [0.4, 0.5) is 0 Å². The highest BCUT2D eigenvalue weighted by atomic mass is 32.2. The largest absolute Gasteiger partial charge is 0.497 e. The van der Waals surface area contributed by atoms with Gasteiger partial charge in [-0.25, -0.2) is 0 Å². The van der Waals surface area contributed by atoms with E-state index in [-0.39, 0.29) is 17.1 Å². The van der Waals surface area contributed by atoms with Gasteiger partial charge in [0.05, 0.1) is 18.8 Å². The first kappa shape index (κ1) is 17.7. The maximum Gasteiger partial charge on any atom is 0.235 e. The van der Waals surface area contributed by atoms with E-state index in [2.05, 4.69) is 0 Å². The van der Waals surface area contributed by atoms with E-state index in [9.17, 15) is 9.59 Å². The molecule has 0 N–H and O–H groups in total. The molecule has 1 aromatic carbocycles. The molecule has 0 bridgehead atoms. The second-order valence-electron chi connectivity index (χ2n) is 5.61. The summed E-state index contributed by atoms with van der Waals surface area (Å²) in [6.45, 7) is 4.37. The third-order valence-electron chi connectivity index (χ3n) is 4.13. The molecule has 23 heavy (non-hydrogen) atoms. The first-order chi connectivity index (χ1) is 11.0. The van der Waals surface area contributed by atoms with Crippen molar-refractivity contribution in [2.45, 2.75) is 18.6 Å². The summed E-state index contributed by atoms with van der Waals surface area (Å²) in [5.41, 5.74) is 0.948. The van der Waals surface area contributed by atoms with Crippen molar-refractivity contribution in [3.63, 3.8) is 0 Å².